The van der Waals surface area contributed by atoms with E-state index in [1.165, 1.54) is 11.1 Å². The van der Waals surface area contributed by atoms with Crippen LogP contribution in [-0.2, 0) is 19.9 Å². The number of hydrogen-bond acceptors (Lipinski definition) is 2. The van der Waals surface area contributed by atoms with Crippen molar-refractivity contribution in [1.29, 1.82) is 0 Å². The highest BCUT2D eigenvalue weighted by molar-refractivity contribution is 5.40. The van der Waals surface area contributed by atoms with Gasteiger partial charge in [-0.2, -0.15) is 5.10 Å². The van der Waals surface area contributed by atoms with Gasteiger partial charge in [0.1, 0.15) is 5.82 Å². The van der Waals surface area contributed by atoms with Gasteiger partial charge in [-0.15, -0.1) is 0 Å². The lowest BCUT2D eigenvalue weighted by atomic mass is 10.1. The van der Waals surface area contributed by atoms with Crippen molar-refractivity contribution in [2.24, 2.45) is 7.05 Å². The number of aryl methyl sites for hydroxylation is 1. The van der Waals surface area contributed by atoms with Crippen LogP contribution in [0.15, 0.2) is 36.5 Å². The van der Waals surface area contributed by atoms with Crippen molar-refractivity contribution in [3.05, 3.63) is 47.7 Å². The lowest BCUT2D eigenvalue weighted by Gasteiger charge is -2.10. The van der Waals surface area contributed by atoms with Crippen molar-refractivity contribution in [3.8, 4) is 0 Å². The highest BCUT2D eigenvalue weighted by Crippen LogP contribution is 2.23. The minimum atomic E-state index is 0.493. The molecule has 1 aliphatic rings. The Bertz CT molecular complexity index is 476. The molecule has 0 aliphatic heterocycles. The molecule has 2 aromatic rings. The van der Waals surface area contributed by atoms with E-state index in [4.69, 9.17) is 0 Å². The first kappa shape index (κ1) is 9.46. The zero-order valence-electron chi connectivity index (χ0n) is 9.35. The van der Waals surface area contributed by atoms with E-state index >= 15 is 0 Å². The van der Waals surface area contributed by atoms with E-state index in [-0.39, 0.29) is 0 Å². The zero-order valence-corrected chi connectivity index (χ0v) is 9.35. The smallest absolute Gasteiger partial charge is 0.148 e. The second-order valence-corrected chi connectivity index (χ2v) is 4.39. The van der Waals surface area contributed by atoms with E-state index in [1.807, 2.05) is 24.0 Å². The van der Waals surface area contributed by atoms with E-state index in [1.54, 1.807) is 0 Å². The van der Waals surface area contributed by atoms with Gasteiger partial charge in [0.05, 0.1) is 0 Å². The Labute approximate surface area is 95.1 Å². The second-order valence-electron chi connectivity index (χ2n) is 4.39. The summed E-state index contributed by atoms with van der Waals surface area (Å²) in [5.41, 5.74) is 2.94. The molecular weight excluding hydrogens is 198 g/mol. The van der Waals surface area contributed by atoms with Crippen LogP contribution >= 0.6 is 0 Å². The molecule has 0 amide bonds. The summed E-state index contributed by atoms with van der Waals surface area (Å²) < 4.78 is 1.82. The summed E-state index contributed by atoms with van der Waals surface area (Å²) in [7, 11) is 1.94. The van der Waals surface area contributed by atoms with Crippen molar-refractivity contribution in [1.82, 2.24) is 9.78 Å². The van der Waals surface area contributed by atoms with E-state index in [9.17, 15) is 0 Å². The molecule has 1 aromatic carbocycles. The standard InChI is InChI=1S/C13H15N3/c1-16-7-6-13(15-16)14-12-8-10-4-2-3-5-11(10)9-12/h2-7,12H,8-9H2,1H3,(H,14,15). The lowest BCUT2D eigenvalue weighted by molar-refractivity contribution is 0.738. The summed E-state index contributed by atoms with van der Waals surface area (Å²) >= 11 is 0. The lowest BCUT2D eigenvalue weighted by Crippen LogP contribution is -2.19. The van der Waals surface area contributed by atoms with E-state index in [0.29, 0.717) is 6.04 Å². The van der Waals surface area contributed by atoms with Gasteiger partial charge in [0, 0.05) is 25.4 Å². The van der Waals surface area contributed by atoms with Crippen molar-refractivity contribution in [2.45, 2.75) is 18.9 Å². The van der Waals surface area contributed by atoms with Gasteiger partial charge in [-0.25, -0.2) is 0 Å². The normalized spacial score (nSPS) is 15.1. The molecule has 1 N–H and O–H groups in total. The van der Waals surface area contributed by atoms with Crippen LogP contribution in [0.2, 0.25) is 0 Å². The van der Waals surface area contributed by atoms with Crippen molar-refractivity contribution >= 4 is 5.82 Å². The third kappa shape index (κ3) is 1.69. The third-order valence-corrected chi connectivity index (χ3v) is 3.12. The van der Waals surface area contributed by atoms with Gasteiger partial charge in [0.15, 0.2) is 0 Å². The van der Waals surface area contributed by atoms with Crippen LogP contribution in [0.1, 0.15) is 11.1 Å². The summed E-state index contributed by atoms with van der Waals surface area (Å²) in [5.74, 6) is 0.973. The maximum atomic E-state index is 4.34. The summed E-state index contributed by atoms with van der Waals surface area (Å²) in [6.45, 7) is 0. The Balaban J connectivity index is 1.72. The number of nitrogens with one attached hydrogen (secondary N) is 1. The Morgan fingerprint density at radius 2 is 1.88 bits per heavy atom. The maximum absolute atomic E-state index is 4.34. The fourth-order valence-corrected chi connectivity index (χ4v) is 2.36. The fraction of sp³-hybridized carbons (Fsp3) is 0.308. The van der Waals surface area contributed by atoms with Crippen LogP contribution < -0.4 is 5.32 Å². The maximum Gasteiger partial charge on any atom is 0.148 e. The van der Waals surface area contributed by atoms with Crippen molar-refractivity contribution in [3.63, 3.8) is 0 Å². The van der Waals surface area contributed by atoms with Gasteiger partial charge in [0.2, 0.25) is 0 Å². The number of benzene rings is 1. The molecule has 0 radical (unpaired) electrons. The minimum Gasteiger partial charge on any atom is -0.365 e. The number of fused-ring (bicyclic) bond motifs is 1. The molecule has 0 saturated heterocycles. The average molecular weight is 213 g/mol. The molecule has 3 nitrogen and oxygen atoms in total. The van der Waals surface area contributed by atoms with Crippen LogP contribution in [0.25, 0.3) is 0 Å². The summed E-state index contributed by atoms with van der Waals surface area (Å²) in [4.78, 5) is 0. The molecule has 0 unspecified atom stereocenters. The second kappa shape index (κ2) is 3.67. The Morgan fingerprint density at radius 1 is 1.19 bits per heavy atom. The van der Waals surface area contributed by atoms with E-state index in [2.05, 4.69) is 34.7 Å². The summed E-state index contributed by atoms with van der Waals surface area (Å²) in [6, 6.07) is 11.2. The van der Waals surface area contributed by atoms with Crippen molar-refractivity contribution < 1.29 is 0 Å². The molecule has 0 fully saturated rings. The largest absolute Gasteiger partial charge is 0.365 e. The highest BCUT2D eigenvalue weighted by atomic mass is 15.3. The number of aromatic nitrogens is 2. The first-order valence-electron chi connectivity index (χ1n) is 5.64. The van der Waals surface area contributed by atoms with E-state index in [0.717, 1.165) is 18.7 Å². The van der Waals surface area contributed by atoms with Crippen LogP contribution in [-0.4, -0.2) is 15.8 Å². The van der Waals surface area contributed by atoms with Gasteiger partial charge in [-0.3, -0.25) is 4.68 Å². The Kier molecular flexibility index (Phi) is 2.17. The number of rotatable bonds is 2. The summed E-state index contributed by atoms with van der Waals surface area (Å²) in [6.07, 6.45) is 4.17. The SMILES string of the molecule is Cn1ccc(NC2Cc3ccccc3C2)n1. The Morgan fingerprint density at radius 3 is 2.44 bits per heavy atom. The van der Waals surface area contributed by atoms with Gasteiger partial charge < -0.3 is 5.32 Å². The van der Waals surface area contributed by atoms with Crippen LogP contribution in [0.5, 0.6) is 0 Å². The topological polar surface area (TPSA) is 29.9 Å². The minimum absolute atomic E-state index is 0.493. The predicted octanol–water partition coefficient (Wildman–Crippen LogP) is 2.00. The molecular formula is C13H15N3. The van der Waals surface area contributed by atoms with E-state index < -0.39 is 0 Å². The molecule has 1 heterocycles. The number of nitrogens with zero attached hydrogens (tertiary/aromatic N) is 2. The van der Waals surface area contributed by atoms with Gasteiger partial charge >= 0.3 is 0 Å². The molecule has 1 aromatic heterocycles. The van der Waals surface area contributed by atoms with Crippen LogP contribution in [0.3, 0.4) is 0 Å². The van der Waals surface area contributed by atoms with Crippen molar-refractivity contribution in [2.75, 3.05) is 5.32 Å². The monoisotopic (exact) mass is 213 g/mol. The predicted molar refractivity (Wildman–Crippen MR) is 64.5 cm³/mol. The summed E-state index contributed by atoms with van der Waals surface area (Å²) in [5, 5.41) is 7.82. The van der Waals surface area contributed by atoms with Crippen LogP contribution in [0.4, 0.5) is 5.82 Å². The third-order valence-electron chi connectivity index (χ3n) is 3.12. The molecule has 1 aliphatic carbocycles. The average Bonchev–Trinajstić information content (AvgIpc) is 2.84. The molecule has 82 valence electrons. The van der Waals surface area contributed by atoms with Crippen LogP contribution in [0, 0.1) is 0 Å². The number of hydrogen-bond donors (Lipinski definition) is 1. The molecule has 16 heavy (non-hydrogen) atoms. The van der Waals surface area contributed by atoms with Gasteiger partial charge in [-0.1, -0.05) is 24.3 Å². The molecule has 0 saturated carbocycles. The Hall–Kier alpha value is -1.77. The highest BCUT2D eigenvalue weighted by Gasteiger charge is 2.20. The fourth-order valence-electron chi connectivity index (χ4n) is 2.36. The first-order valence-corrected chi connectivity index (χ1v) is 5.64. The molecule has 0 spiro atoms. The number of anilines is 1. The molecule has 3 rings (SSSR count). The molecule has 3 heteroatoms. The molecule has 0 atom stereocenters. The molecule has 0 bridgehead atoms. The van der Waals surface area contributed by atoms with Gasteiger partial charge in [-0.05, 0) is 24.0 Å². The quantitative estimate of drug-likeness (QED) is 0.827. The zero-order chi connectivity index (χ0) is 11.0. The first-order chi connectivity index (χ1) is 7.81. The van der Waals surface area contributed by atoms with Gasteiger partial charge in [0.25, 0.3) is 0 Å².